The molecule has 96 valence electrons. The predicted octanol–water partition coefficient (Wildman–Crippen LogP) is 3.06. The van der Waals surface area contributed by atoms with Crippen LogP contribution in [0, 0.1) is 11.3 Å². The normalized spacial score (nSPS) is 10.3. The molecule has 0 atom stereocenters. The lowest BCUT2D eigenvalue weighted by Crippen LogP contribution is -1.95. The van der Waals surface area contributed by atoms with Gasteiger partial charge in [0, 0.05) is 11.8 Å². The van der Waals surface area contributed by atoms with E-state index in [0.29, 0.717) is 22.2 Å². The fourth-order valence-electron chi connectivity index (χ4n) is 2.06. The van der Waals surface area contributed by atoms with Crippen LogP contribution in [0.25, 0.3) is 22.2 Å². The molecule has 0 saturated heterocycles. The van der Waals surface area contributed by atoms with Gasteiger partial charge in [0.25, 0.3) is 0 Å². The van der Waals surface area contributed by atoms with Crippen molar-refractivity contribution in [1.82, 2.24) is 4.98 Å². The van der Waals surface area contributed by atoms with Crippen LogP contribution < -0.4 is 0 Å². The predicted molar refractivity (Wildman–Crippen MR) is 71.1 cm³/mol. The lowest BCUT2D eigenvalue weighted by Gasteiger charge is -2.03. The van der Waals surface area contributed by atoms with Crippen LogP contribution in [0.3, 0.4) is 0 Å². The Kier molecular flexibility index (Phi) is 2.70. The van der Waals surface area contributed by atoms with Crippen molar-refractivity contribution in [3.8, 4) is 17.3 Å². The Labute approximate surface area is 113 Å². The summed E-state index contributed by atoms with van der Waals surface area (Å²) in [5, 5.41) is 18.6. The molecule has 3 rings (SSSR count). The molecule has 0 saturated carbocycles. The molecular formula is C15H8N2O3. The van der Waals surface area contributed by atoms with Gasteiger partial charge in [-0.3, -0.25) is 4.98 Å². The Balaban J connectivity index is 2.21. The summed E-state index contributed by atoms with van der Waals surface area (Å²) in [6.45, 7) is 0. The second kappa shape index (κ2) is 4.52. The molecule has 2 aromatic heterocycles. The van der Waals surface area contributed by atoms with E-state index < -0.39 is 5.97 Å². The van der Waals surface area contributed by atoms with Crippen molar-refractivity contribution in [3.05, 3.63) is 53.9 Å². The van der Waals surface area contributed by atoms with E-state index in [2.05, 4.69) is 11.1 Å². The molecule has 0 aliphatic rings. The first-order valence-electron chi connectivity index (χ1n) is 5.81. The van der Waals surface area contributed by atoms with Gasteiger partial charge in [0.1, 0.15) is 23.5 Å². The molecule has 5 nitrogen and oxygen atoms in total. The maximum Gasteiger partial charge on any atom is 0.335 e. The lowest BCUT2D eigenvalue weighted by atomic mass is 10.0. The number of aromatic nitrogens is 1. The smallest absolute Gasteiger partial charge is 0.335 e. The molecule has 0 aliphatic carbocycles. The minimum Gasteiger partial charge on any atom is -0.478 e. The number of carbonyl (C=O) groups is 1. The van der Waals surface area contributed by atoms with Crippen molar-refractivity contribution >= 4 is 16.9 Å². The lowest BCUT2D eigenvalue weighted by molar-refractivity contribution is 0.0697. The minimum absolute atomic E-state index is 0.202. The molecule has 0 unspecified atom stereocenters. The van der Waals surface area contributed by atoms with Gasteiger partial charge in [0.2, 0.25) is 0 Å². The summed E-state index contributed by atoms with van der Waals surface area (Å²) < 4.78 is 5.31. The first kappa shape index (κ1) is 11.9. The van der Waals surface area contributed by atoms with E-state index in [1.807, 2.05) is 0 Å². The van der Waals surface area contributed by atoms with Gasteiger partial charge in [0.05, 0.1) is 16.6 Å². The molecule has 2 heterocycles. The Morgan fingerprint density at radius 3 is 2.65 bits per heavy atom. The maximum absolute atomic E-state index is 10.8. The Bertz CT molecular complexity index is 842. The Morgan fingerprint density at radius 1 is 1.25 bits per heavy atom. The fraction of sp³-hybridized carbons (Fsp3) is 0. The van der Waals surface area contributed by atoms with E-state index in [-0.39, 0.29) is 5.56 Å². The number of benzene rings is 1. The number of hydrogen-bond acceptors (Lipinski definition) is 4. The van der Waals surface area contributed by atoms with Gasteiger partial charge in [0.15, 0.2) is 0 Å². The number of furan rings is 1. The highest BCUT2D eigenvalue weighted by Crippen LogP contribution is 2.30. The molecule has 0 fully saturated rings. The van der Waals surface area contributed by atoms with E-state index in [9.17, 15) is 4.79 Å². The largest absolute Gasteiger partial charge is 0.478 e. The van der Waals surface area contributed by atoms with Crippen LogP contribution in [0.2, 0.25) is 0 Å². The molecular weight excluding hydrogens is 256 g/mol. The summed E-state index contributed by atoms with van der Waals surface area (Å²) in [6.07, 6.45) is 2.98. The molecule has 0 radical (unpaired) electrons. The number of fused-ring (bicyclic) bond motifs is 1. The second-order valence-electron chi connectivity index (χ2n) is 4.18. The number of rotatable bonds is 2. The number of nitrogens with zero attached hydrogens (tertiary/aromatic N) is 2. The van der Waals surface area contributed by atoms with E-state index in [1.54, 1.807) is 24.4 Å². The van der Waals surface area contributed by atoms with Crippen LogP contribution in [0.5, 0.6) is 0 Å². The van der Waals surface area contributed by atoms with Gasteiger partial charge in [-0.25, -0.2) is 4.79 Å². The third kappa shape index (κ3) is 1.80. The third-order valence-corrected chi connectivity index (χ3v) is 3.01. The second-order valence-corrected chi connectivity index (χ2v) is 4.18. The fourth-order valence-corrected chi connectivity index (χ4v) is 2.06. The van der Waals surface area contributed by atoms with E-state index in [0.717, 1.165) is 5.56 Å². The van der Waals surface area contributed by atoms with Crippen LogP contribution in [-0.2, 0) is 0 Å². The van der Waals surface area contributed by atoms with Gasteiger partial charge in [-0.05, 0) is 18.2 Å². The highest BCUT2D eigenvalue weighted by atomic mass is 16.4. The average Bonchev–Trinajstić information content (AvgIpc) is 2.90. The first-order chi connectivity index (χ1) is 9.70. The summed E-state index contributed by atoms with van der Waals surface area (Å²) in [7, 11) is 0. The van der Waals surface area contributed by atoms with E-state index in [1.165, 1.54) is 18.4 Å². The van der Waals surface area contributed by atoms with Crippen molar-refractivity contribution in [3.63, 3.8) is 0 Å². The summed E-state index contributed by atoms with van der Waals surface area (Å²) >= 11 is 0. The molecule has 1 N–H and O–H groups in total. The number of hydrogen-bond donors (Lipinski definition) is 1. The molecule has 0 bridgehead atoms. The van der Waals surface area contributed by atoms with Crippen LogP contribution in [-0.4, -0.2) is 16.1 Å². The zero-order chi connectivity index (χ0) is 14.1. The number of aromatic carboxylic acids is 1. The zero-order valence-corrected chi connectivity index (χ0v) is 10.2. The first-order valence-corrected chi connectivity index (χ1v) is 5.81. The highest BCUT2D eigenvalue weighted by molar-refractivity contribution is 5.96. The SMILES string of the molecule is N#Cc1coc2ccnc(-c3ccc(C(=O)O)cc3)c12. The van der Waals surface area contributed by atoms with Gasteiger partial charge in [-0.15, -0.1) is 0 Å². The molecule has 3 aromatic rings. The van der Waals surface area contributed by atoms with E-state index >= 15 is 0 Å². The van der Waals surface area contributed by atoms with E-state index in [4.69, 9.17) is 14.8 Å². The molecule has 0 aliphatic heterocycles. The summed E-state index contributed by atoms with van der Waals surface area (Å²) in [5.41, 5.74) is 2.52. The highest BCUT2D eigenvalue weighted by Gasteiger charge is 2.13. The summed E-state index contributed by atoms with van der Waals surface area (Å²) in [5.74, 6) is -0.983. The number of carboxylic acid groups (broad SMARTS) is 1. The summed E-state index contributed by atoms with van der Waals surface area (Å²) in [6, 6.07) is 10.1. The minimum atomic E-state index is -0.983. The van der Waals surface area contributed by atoms with Crippen molar-refractivity contribution in [1.29, 1.82) is 5.26 Å². The number of pyridine rings is 1. The summed E-state index contributed by atoms with van der Waals surface area (Å²) in [4.78, 5) is 15.1. The van der Waals surface area contributed by atoms with Crippen molar-refractivity contribution < 1.29 is 14.3 Å². The Morgan fingerprint density at radius 2 is 2.00 bits per heavy atom. The molecule has 0 amide bonds. The van der Waals surface area contributed by atoms with Crippen LogP contribution in [0.1, 0.15) is 15.9 Å². The van der Waals surface area contributed by atoms with Gasteiger partial charge >= 0.3 is 5.97 Å². The number of nitriles is 1. The van der Waals surface area contributed by atoms with Crippen molar-refractivity contribution in [2.24, 2.45) is 0 Å². The third-order valence-electron chi connectivity index (χ3n) is 3.01. The van der Waals surface area contributed by atoms with Crippen molar-refractivity contribution in [2.45, 2.75) is 0 Å². The monoisotopic (exact) mass is 264 g/mol. The maximum atomic E-state index is 10.8. The topological polar surface area (TPSA) is 87.1 Å². The zero-order valence-electron chi connectivity index (χ0n) is 10.2. The molecule has 20 heavy (non-hydrogen) atoms. The van der Waals surface area contributed by atoms with Crippen LogP contribution >= 0.6 is 0 Å². The standard InChI is InChI=1S/C15H8N2O3/c16-7-11-8-20-12-5-6-17-14(13(11)12)9-1-3-10(4-2-9)15(18)19/h1-6,8H,(H,18,19). The van der Waals surface area contributed by atoms with Crippen LogP contribution in [0.15, 0.2) is 47.2 Å². The average molecular weight is 264 g/mol. The molecule has 5 heteroatoms. The molecule has 1 aromatic carbocycles. The van der Waals surface area contributed by atoms with Crippen molar-refractivity contribution in [2.75, 3.05) is 0 Å². The molecule has 0 spiro atoms. The van der Waals surface area contributed by atoms with Crippen LogP contribution in [0.4, 0.5) is 0 Å². The van der Waals surface area contributed by atoms with Gasteiger partial charge in [-0.2, -0.15) is 5.26 Å². The quantitative estimate of drug-likeness (QED) is 0.768. The van der Waals surface area contributed by atoms with Gasteiger partial charge in [-0.1, -0.05) is 12.1 Å². The number of carboxylic acids is 1. The Hall–Kier alpha value is -3.13. The van der Waals surface area contributed by atoms with Gasteiger partial charge < -0.3 is 9.52 Å².